The molecular weight excluding hydrogens is 228 g/mol. The normalized spacial score (nSPS) is 13.7. The number of nitrogens with one attached hydrogen (secondary N) is 2. The van der Waals surface area contributed by atoms with Crippen LogP contribution in [0.1, 0.15) is 27.2 Å². The third kappa shape index (κ3) is 4.80. The van der Waals surface area contributed by atoms with Gasteiger partial charge in [-0.1, -0.05) is 6.92 Å². The molecule has 0 aromatic heterocycles. The summed E-state index contributed by atoms with van der Waals surface area (Å²) >= 11 is 0. The molecule has 0 aliphatic rings. The van der Waals surface area contributed by atoms with Crippen molar-refractivity contribution in [2.75, 3.05) is 19.3 Å². The van der Waals surface area contributed by atoms with E-state index in [4.69, 9.17) is 5.84 Å². The highest BCUT2D eigenvalue weighted by atomic mass is 32.2. The van der Waals surface area contributed by atoms with Crippen molar-refractivity contribution in [3.05, 3.63) is 0 Å². The summed E-state index contributed by atoms with van der Waals surface area (Å²) in [5.41, 5.74) is 2.40. The Hall–Kier alpha value is -0.820. The van der Waals surface area contributed by atoms with E-state index in [1.54, 1.807) is 13.8 Å². The van der Waals surface area contributed by atoms with Gasteiger partial charge in [-0.05, 0) is 20.3 Å². The minimum absolute atomic E-state index is 0.169. The molecule has 0 spiro atoms. The second-order valence-electron chi connectivity index (χ2n) is 4.27. The Morgan fingerprint density at radius 2 is 2.00 bits per heavy atom. The van der Waals surface area contributed by atoms with Gasteiger partial charge >= 0.3 is 0 Å². The number of guanidine groups is 1. The van der Waals surface area contributed by atoms with E-state index in [1.807, 2.05) is 6.92 Å². The molecule has 0 aromatic carbocycles. The van der Waals surface area contributed by atoms with Crippen molar-refractivity contribution in [2.45, 2.75) is 31.9 Å². The van der Waals surface area contributed by atoms with Gasteiger partial charge in [0.05, 0.1) is 11.3 Å². The number of aliphatic imine (C=N–C) groups is 1. The highest BCUT2D eigenvalue weighted by molar-refractivity contribution is 7.92. The maximum Gasteiger partial charge on any atom is 0.205 e. The lowest BCUT2D eigenvalue weighted by Gasteiger charge is -2.20. The SMILES string of the molecule is CCCNC(=NCC(C)(C)S(C)(=O)=O)NN. The molecule has 0 amide bonds. The molecule has 0 bridgehead atoms. The Labute approximate surface area is 97.6 Å². The number of rotatable bonds is 5. The number of nitrogens with two attached hydrogens (primary N) is 1. The van der Waals surface area contributed by atoms with E-state index in [-0.39, 0.29) is 6.54 Å². The Morgan fingerprint density at radius 1 is 1.44 bits per heavy atom. The summed E-state index contributed by atoms with van der Waals surface area (Å²) in [6, 6.07) is 0. The van der Waals surface area contributed by atoms with E-state index in [1.165, 1.54) is 6.26 Å². The minimum atomic E-state index is -3.13. The second-order valence-corrected chi connectivity index (χ2v) is 6.92. The molecule has 0 aromatic rings. The monoisotopic (exact) mass is 250 g/mol. The van der Waals surface area contributed by atoms with Crippen molar-refractivity contribution in [2.24, 2.45) is 10.8 Å². The average Bonchev–Trinajstić information content (AvgIpc) is 2.16. The first-order chi connectivity index (χ1) is 7.24. The van der Waals surface area contributed by atoms with Crippen LogP contribution >= 0.6 is 0 Å². The summed E-state index contributed by atoms with van der Waals surface area (Å²) in [5.74, 6) is 5.67. The molecule has 7 heteroatoms. The van der Waals surface area contributed by atoms with Crippen molar-refractivity contribution < 1.29 is 8.42 Å². The van der Waals surface area contributed by atoms with Crippen LogP contribution in [0.25, 0.3) is 0 Å². The molecule has 0 fully saturated rings. The number of hydrogen-bond donors (Lipinski definition) is 3. The third-order valence-corrected chi connectivity index (χ3v) is 4.44. The predicted octanol–water partition coefficient (Wildman–Crippen LogP) is -0.371. The first-order valence-electron chi connectivity index (χ1n) is 5.19. The fraction of sp³-hybridized carbons (Fsp3) is 0.889. The third-order valence-electron chi connectivity index (χ3n) is 2.30. The zero-order valence-electron chi connectivity index (χ0n) is 10.4. The van der Waals surface area contributed by atoms with Gasteiger partial charge in [0, 0.05) is 12.8 Å². The van der Waals surface area contributed by atoms with Gasteiger partial charge < -0.3 is 5.32 Å². The van der Waals surface area contributed by atoms with Crippen molar-refractivity contribution >= 4 is 15.8 Å². The molecule has 4 N–H and O–H groups in total. The Morgan fingerprint density at radius 3 is 2.38 bits per heavy atom. The first-order valence-corrected chi connectivity index (χ1v) is 7.08. The molecule has 0 radical (unpaired) electrons. The lowest BCUT2D eigenvalue weighted by atomic mass is 10.2. The lowest BCUT2D eigenvalue weighted by molar-refractivity contribution is 0.554. The lowest BCUT2D eigenvalue weighted by Crippen LogP contribution is -2.43. The zero-order valence-corrected chi connectivity index (χ0v) is 11.2. The molecular formula is C9H22N4O2S. The van der Waals surface area contributed by atoms with Crippen LogP contribution in [-0.4, -0.2) is 38.5 Å². The Bertz CT molecular complexity index is 335. The average molecular weight is 250 g/mol. The predicted molar refractivity (Wildman–Crippen MR) is 66.8 cm³/mol. The van der Waals surface area contributed by atoms with Crippen LogP contribution in [0.4, 0.5) is 0 Å². The summed E-state index contributed by atoms with van der Waals surface area (Å²) in [4.78, 5) is 4.11. The number of hydrogen-bond acceptors (Lipinski definition) is 4. The van der Waals surface area contributed by atoms with E-state index in [2.05, 4.69) is 15.7 Å². The molecule has 0 atom stereocenters. The molecule has 6 nitrogen and oxygen atoms in total. The topological polar surface area (TPSA) is 96.6 Å². The van der Waals surface area contributed by atoms with E-state index < -0.39 is 14.6 Å². The molecule has 0 saturated heterocycles. The number of hydrazine groups is 1. The summed E-state index contributed by atoms with van der Waals surface area (Å²) in [6.07, 6.45) is 2.15. The largest absolute Gasteiger partial charge is 0.355 e. The van der Waals surface area contributed by atoms with E-state index in [0.29, 0.717) is 5.96 Å². The van der Waals surface area contributed by atoms with Crippen LogP contribution in [0.15, 0.2) is 4.99 Å². The molecule has 0 rings (SSSR count). The maximum atomic E-state index is 11.4. The molecule has 16 heavy (non-hydrogen) atoms. The number of nitrogens with zero attached hydrogens (tertiary/aromatic N) is 1. The van der Waals surface area contributed by atoms with Gasteiger partial charge in [0.1, 0.15) is 0 Å². The van der Waals surface area contributed by atoms with Gasteiger partial charge in [0.2, 0.25) is 5.96 Å². The van der Waals surface area contributed by atoms with Crippen LogP contribution < -0.4 is 16.6 Å². The van der Waals surface area contributed by atoms with Crippen molar-refractivity contribution in [1.29, 1.82) is 0 Å². The molecule has 0 heterocycles. The standard InChI is InChI=1S/C9H22N4O2S/c1-5-6-11-8(13-10)12-7-9(2,3)16(4,14)15/h5-7,10H2,1-4H3,(H2,11,12,13). The van der Waals surface area contributed by atoms with Crippen molar-refractivity contribution in [1.82, 2.24) is 10.7 Å². The van der Waals surface area contributed by atoms with Gasteiger partial charge in [-0.25, -0.2) is 14.3 Å². The highest BCUT2D eigenvalue weighted by Crippen LogP contribution is 2.14. The second kappa shape index (κ2) is 6.05. The summed E-state index contributed by atoms with van der Waals surface area (Å²) in [5, 5.41) is 2.96. The van der Waals surface area contributed by atoms with Gasteiger partial charge in [-0.15, -0.1) is 0 Å². The van der Waals surface area contributed by atoms with Gasteiger partial charge in [-0.3, -0.25) is 10.4 Å². The van der Waals surface area contributed by atoms with E-state index in [0.717, 1.165) is 13.0 Å². The Balaban J connectivity index is 4.54. The van der Waals surface area contributed by atoms with Crippen LogP contribution in [0.2, 0.25) is 0 Å². The highest BCUT2D eigenvalue weighted by Gasteiger charge is 2.29. The quantitative estimate of drug-likeness (QED) is 0.268. The smallest absolute Gasteiger partial charge is 0.205 e. The van der Waals surface area contributed by atoms with Crippen molar-refractivity contribution in [3.63, 3.8) is 0 Å². The van der Waals surface area contributed by atoms with Crippen molar-refractivity contribution in [3.8, 4) is 0 Å². The van der Waals surface area contributed by atoms with Crippen LogP contribution in [0.3, 0.4) is 0 Å². The summed E-state index contributed by atoms with van der Waals surface area (Å²) in [6.45, 7) is 6.20. The zero-order chi connectivity index (χ0) is 12.8. The number of sulfone groups is 1. The van der Waals surface area contributed by atoms with Crippen LogP contribution in [-0.2, 0) is 9.84 Å². The van der Waals surface area contributed by atoms with Gasteiger partial charge in [0.15, 0.2) is 9.84 Å². The molecule has 0 aliphatic carbocycles. The molecule has 96 valence electrons. The van der Waals surface area contributed by atoms with Gasteiger partial charge in [0.25, 0.3) is 0 Å². The summed E-state index contributed by atoms with van der Waals surface area (Å²) in [7, 11) is -3.13. The van der Waals surface area contributed by atoms with E-state index >= 15 is 0 Å². The van der Waals surface area contributed by atoms with Crippen LogP contribution in [0.5, 0.6) is 0 Å². The minimum Gasteiger partial charge on any atom is -0.355 e. The molecule has 0 aliphatic heterocycles. The fourth-order valence-electron chi connectivity index (χ4n) is 0.783. The van der Waals surface area contributed by atoms with Gasteiger partial charge in [-0.2, -0.15) is 0 Å². The fourth-order valence-corrected chi connectivity index (χ4v) is 1.08. The maximum absolute atomic E-state index is 11.4. The van der Waals surface area contributed by atoms with E-state index in [9.17, 15) is 8.42 Å². The molecule has 0 unspecified atom stereocenters. The first kappa shape index (κ1) is 15.2. The molecule has 0 saturated carbocycles. The Kier molecular flexibility index (Phi) is 5.74. The summed E-state index contributed by atoms with van der Waals surface area (Å²) < 4.78 is 22.0. The van der Waals surface area contributed by atoms with Crippen LogP contribution in [0, 0.1) is 0 Å².